The molecule has 16 aromatic rings. The number of aromatic nitrogens is 6. The predicted molar refractivity (Wildman–Crippen MR) is 469 cm³/mol. The summed E-state index contributed by atoms with van der Waals surface area (Å²) < 4.78 is 169. The van der Waals surface area contributed by atoms with E-state index < -0.39 is 39.1 Å². The molecule has 26 heteroatoms. The molecule has 10 aromatic carbocycles. The molecule has 0 saturated carbocycles. The predicted octanol–water partition coefficient (Wildman–Crippen LogP) is 21.8. The van der Waals surface area contributed by atoms with Crippen molar-refractivity contribution in [2.24, 2.45) is 0 Å². The Labute approximate surface area is 760 Å². The number of halogens is 9. The fraction of sp³-hybridized carbons (Fsp3) is 0.152. The molecule has 2 aliphatic heterocycles. The van der Waals surface area contributed by atoms with Crippen molar-refractivity contribution in [3.8, 4) is 119 Å². The molecule has 0 N–H and O–H groups in total. The summed E-state index contributed by atoms with van der Waals surface area (Å²) in [5.41, 5.74) is 14.4. The fourth-order valence-corrected chi connectivity index (χ4v) is 15.1. The molecular formula is C99H77BF9KN8O6S. The van der Waals surface area contributed by atoms with Crippen molar-refractivity contribution < 1.29 is 119 Å². The van der Waals surface area contributed by atoms with Crippen LogP contribution in [0.4, 0.5) is 39.5 Å². The third-order valence-corrected chi connectivity index (χ3v) is 22.7. The average Bonchev–Trinajstić information content (AvgIpc) is 0.834. The van der Waals surface area contributed by atoms with E-state index in [1.165, 1.54) is 66.3 Å². The molecule has 14 nitrogen and oxygen atoms in total. The maximum atomic E-state index is 14.6. The van der Waals surface area contributed by atoms with Gasteiger partial charge in [-0.15, -0.1) is 0 Å². The summed E-state index contributed by atoms with van der Waals surface area (Å²) in [6.45, 7) is 10.3. The van der Waals surface area contributed by atoms with Gasteiger partial charge < -0.3 is 19.7 Å². The van der Waals surface area contributed by atoms with Crippen LogP contribution < -0.4 is 61.0 Å². The Bertz CT molecular complexity index is 6670. The van der Waals surface area contributed by atoms with Gasteiger partial charge in [0.1, 0.15) is 0 Å². The first kappa shape index (κ1) is 90.5. The van der Waals surface area contributed by atoms with Gasteiger partial charge in [0, 0.05) is 43.6 Å². The van der Waals surface area contributed by atoms with Crippen molar-refractivity contribution in [3.63, 3.8) is 0 Å². The van der Waals surface area contributed by atoms with Gasteiger partial charge in [-0.2, -0.15) is 58.5 Å². The van der Waals surface area contributed by atoms with Crippen LogP contribution >= 0.6 is 0 Å². The number of hydrogen-bond donors (Lipinski definition) is 0. The summed E-state index contributed by atoms with van der Waals surface area (Å²) in [4.78, 5) is 27.2. The number of benzene rings is 10. The molecule has 0 atom stereocenters. The molecule has 2 aliphatic rings. The molecule has 0 unspecified atom stereocenters. The van der Waals surface area contributed by atoms with E-state index in [-0.39, 0.29) is 118 Å². The minimum Gasteiger partial charge on any atom is -1.00 e. The van der Waals surface area contributed by atoms with E-state index in [4.69, 9.17) is 24.3 Å². The second kappa shape index (κ2) is 37.7. The normalized spacial score (nSPS) is 13.6. The number of pyridine rings is 6. The largest absolute Gasteiger partial charge is 1.00 e. The number of nitrogens with zero attached hydrogens (tertiary/aromatic N) is 8. The quantitative estimate of drug-likeness (QED) is 0.0534. The Kier molecular flexibility index (Phi) is 27.3. The zero-order chi connectivity index (χ0) is 86.5. The van der Waals surface area contributed by atoms with E-state index in [0.717, 1.165) is 120 Å². The molecule has 0 aliphatic carbocycles. The van der Waals surface area contributed by atoms with Gasteiger partial charge >= 0.3 is 91.9 Å². The van der Waals surface area contributed by atoms with E-state index in [2.05, 4.69) is 190 Å². The molecule has 125 heavy (non-hydrogen) atoms. The molecule has 622 valence electrons. The minimum absolute atomic E-state index is 0. The SMILES string of the molecule is C.C1CCOC1.CC1(C)OB(c2ccc3cc(-c4ccc(C#N)cc4)ccc3c2)OC1(C)C.N#Cc1ccc(-c2ccc3cc(-c4ccc5ccccc5c4-c4cc(-c5ccccn5)nc(-c5ccccn5)c4)ccc3c2)cc1.O=S(=O)(Oc1ccc2ccccc2c1-c1cc(-c2ccccn2)nc(-c2ccccn2)c1)C(F)(F)C(F)(F)C(F)(F)C(F)(F)F.[H-].[K+]. The number of nitriles is 2. The third kappa shape index (κ3) is 19.2. The Morgan fingerprint density at radius 1 is 0.392 bits per heavy atom. The van der Waals surface area contributed by atoms with Crippen LogP contribution in [0.3, 0.4) is 0 Å². The summed E-state index contributed by atoms with van der Waals surface area (Å²) in [5, 5.41) is 18.5. The molecule has 18 rings (SSSR count). The zero-order valence-corrected chi connectivity index (χ0v) is 71.2. The van der Waals surface area contributed by atoms with Crippen LogP contribution in [0.5, 0.6) is 5.75 Å². The number of ether oxygens (including phenoxy) is 1. The summed E-state index contributed by atoms with van der Waals surface area (Å²) in [6, 6.07) is 94.8. The third-order valence-electron chi connectivity index (χ3n) is 21.4. The first-order valence-electron chi connectivity index (χ1n) is 38.9. The Hall–Kier alpha value is -12.2. The van der Waals surface area contributed by atoms with Crippen LogP contribution in [0.25, 0.3) is 144 Å². The maximum Gasteiger partial charge on any atom is 1.00 e. The number of fused-ring (bicyclic) bond motifs is 4. The van der Waals surface area contributed by atoms with Crippen LogP contribution in [0.2, 0.25) is 0 Å². The van der Waals surface area contributed by atoms with Crippen LogP contribution in [-0.2, 0) is 24.2 Å². The Morgan fingerprint density at radius 3 is 1.15 bits per heavy atom. The Morgan fingerprint density at radius 2 is 0.752 bits per heavy atom. The van der Waals surface area contributed by atoms with Crippen LogP contribution in [0.1, 0.15) is 60.5 Å². The monoisotopic (exact) mass is 1730 g/mol. The molecule has 6 aromatic heterocycles. The van der Waals surface area contributed by atoms with E-state index >= 15 is 0 Å². The summed E-state index contributed by atoms with van der Waals surface area (Å²) in [6.07, 6.45) is 1.79. The molecule has 2 saturated heterocycles. The smallest absolute Gasteiger partial charge is 1.00 e. The van der Waals surface area contributed by atoms with Gasteiger partial charge in [-0.05, 0) is 260 Å². The number of rotatable bonds is 15. The van der Waals surface area contributed by atoms with E-state index in [9.17, 15) is 53.2 Å². The zero-order valence-electron chi connectivity index (χ0n) is 68.3. The molecular weight excluding hydrogens is 1650 g/mol. The second-order valence-corrected chi connectivity index (χ2v) is 31.7. The van der Waals surface area contributed by atoms with E-state index in [0.29, 0.717) is 16.5 Å². The summed E-state index contributed by atoms with van der Waals surface area (Å²) >= 11 is 0. The van der Waals surface area contributed by atoms with Gasteiger partial charge in [-0.1, -0.05) is 177 Å². The van der Waals surface area contributed by atoms with Crippen molar-refractivity contribution in [1.29, 1.82) is 10.5 Å². The molecule has 0 amide bonds. The summed E-state index contributed by atoms with van der Waals surface area (Å²) in [7, 11) is -7.59. The Balaban J connectivity index is 0.000000170. The van der Waals surface area contributed by atoms with Gasteiger partial charge in [0.2, 0.25) is 0 Å². The fourth-order valence-electron chi connectivity index (χ4n) is 14.2. The van der Waals surface area contributed by atoms with Crippen molar-refractivity contribution in [3.05, 3.63) is 327 Å². The van der Waals surface area contributed by atoms with Crippen LogP contribution in [0.15, 0.2) is 316 Å². The molecule has 8 heterocycles. The van der Waals surface area contributed by atoms with Crippen molar-refractivity contribution >= 4 is 65.8 Å². The molecule has 0 radical (unpaired) electrons. The maximum absolute atomic E-state index is 14.6. The van der Waals surface area contributed by atoms with E-state index in [1.807, 2.05) is 84.9 Å². The van der Waals surface area contributed by atoms with Gasteiger partial charge in [0.15, 0.2) is 5.75 Å². The van der Waals surface area contributed by atoms with Crippen LogP contribution in [0, 0.1) is 22.7 Å². The molecule has 0 spiro atoms. The minimum atomic E-state index is -7.47. The molecule has 2 fully saturated rings. The van der Waals surface area contributed by atoms with Gasteiger partial charge in [0.25, 0.3) is 0 Å². The van der Waals surface area contributed by atoms with Gasteiger partial charge in [-0.3, -0.25) is 19.9 Å². The van der Waals surface area contributed by atoms with Crippen molar-refractivity contribution in [2.75, 3.05) is 13.2 Å². The first-order chi connectivity index (χ1) is 59.0. The first-order valence-corrected chi connectivity index (χ1v) is 40.3. The van der Waals surface area contributed by atoms with Crippen LogP contribution in [-0.4, -0.2) is 93.1 Å². The summed E-state index contributed by atoms with van der Waals surface area (Å²) in [5.74, 6) is -16.0. The van der Waals surface area contributed by atoms with Crippen molar-refractivity contribution in [2.45, 2.75) is 82.4 Å². The van der Waals surface area contributed by atoms with Gasteiger partial charge in [-0.25, -0.2) is 9.97 Å². The molecule has 0 bridgehead atoms. The van der Waals surface area contributed by atoms with E-state index in [1.54, 1.807) is 54.9 Å². The van der Waals surface area contributed by atoms with Gasteiger partial charge in [0.05, 0.1) is 80.0 Å². The number of alkyl halides is 9. The standard InChI is InChI=1S/C42H26N4.C29H16F9N3O3S.C23H22BNO2.C4H8O.CH4.K.H/c43-27-28-11-13-29(14-12-28)31-15-16-33-24-34(18-17-32(33)23-31)37-20-19-30-7-1-2-8-36(30)42(37)35-25-40(38-9-3-5-21-44-38)46-41(26-35)39-10-4-6-22-45-39;30-26(31,28(34,35)36)27(32,33)29(37,38)45(42,43)44-24-12-11-17-7-1-2-8-19(17)25(24)18-15-22(20-9-3-5-13-39-20)41-23(16-18)21-10-4-6-14-40-21;1-22(2)23(3,4)27-24(26-22)21-12-11-19-13-18(9-10-20(19)14-21)17-7-5-16(15-25)6-8-17;1-2-4-5-3-1;;;/h1-26H;1-16H;5-14H,1-4H3;1-4H2;1H4;;/q;;;;;+1;-1. The topological polar surface area (TPSA) is 196 Å². The second-order valence-electron chi connectivity index (χ2n) is 30.1. The average molecular weight is 1730 g/mol. The number of hydrogen-bond acceptors (Lipinski definition) is 14. The van der Waals surface area contributed by atoms with Crippen molar-refractivity contribution in [1.82, 2.24) is 29.9 Å².